The molecule has 0 fully saturated rings. The van der Waals surface area contributed by atoms with Crippen LogP contribution < -0.4 is 15.4 Å². The van der Waals surface area contributed by atoms with E-state index in [9.17, 15) is 0 Å². The first kappa shape index (κ1) is 19.2. The van der Waals surface area contributed by atoms with E-state index in [4.69, 9.17) is 9.47 Å². The highest BCUT2D eigenvalue weighted by molar-refractivity contribution is 5.79. The van der Waals surface area contributed by atoms with Crippen molar-refractivity contribution in [1.29, 1.82) is 0 Å². The third-order valence-corrected chi connectivity index (χ3v) is 4.42. The van der Waals surface area contributed by atoms with Crippen LogP contribution in [0.2, 0.25) is 0 Å². The van der Waals surface area contributed by atoms with Gasteiger partial charge >= 0.3 is 0 Å². The highest BCUT2D eigenvalue weighted by atomic mass is 16.5. The van der Waals surface area contributed by atoms with Crippen molar-refractivity contribution in [2.24, 2.45) is 4.99 Å². The summed E-state index contributed by atoms with van der Waals surface area (Å²) in [7, 11) is 3.43. The summed E-state index contributed by atoms with van der Waals surface area (Å²) in [5, 5.41) is 11.3. The van der Waals surface area contributed by atoms with Crippen LogP contribution in [0, 0.1) is 6.92 Å². The third-order valence-electron chi connectivity index (χ3n) is 4.42. The fourth-order valence-corrected chi connectivity index (χ4v) is 3.03. The molecule has 0 aliphatic carbocycles. The van der Waals surface area contributed by atoms with Gasteiger partial charge in [0, 0.05) is 26.6 Å². The number of nitrogens with zero attached hydrogens (tertiary/aromatic N) is 4. The van der Waals surface area contributed by atoms with Crippen LogP contribution in [0.5, 0.6) is 5.75 Å². The number of hydrogen-bond acceptors (Lipinski definition) is 5. The Labute approximate surface area is 160 Å². The number of methoxy groups -OCH3 is 1. The second kappa shape index (κ2) is 9.36. The van der Waals surface area contributed by atoms with E-state index in [1.807, 2.05) is 28.9 Å². The minimum atomic E-state index is 0.263. The minimum Gasteiger partial charge on any atom is -0.492 e. The highest BCUT2D eigenvalue weighted by Crippen LogP contribution is 2.13. The molecule has 1 aliphatic rings. The normalized spacial score (nSPS) is 16.7. The monoisotopic (exact) mass is 372 g/mol. The second-order valence-electron chi connectivity index (χ2n) is 6.60. The summed E-state index contributed by atoms with van der Waals surface area (Å²) in [6.07, 6.45) is 1.88. The predicted octanol–water partition coefficient (Wildman–Crippen LogP) is 1.29. The van der Waals surface area contributed by atoms with Gasteiger partial charge in [-0.3, -0.25) is 4.99 Å². The van der Waals surface area contributed by atoms with Crippen molar-refractivity contribution in [1.82, 2.24) is 25.4 Å². The smallest absolute Gasteiger partial charge is 0.191 e. The number of fused-ring (bicyclic) bond motifs is 1. The number of hydrogen-bond donors (Lipinski definition) is 2. The first-order valence-corrected chi connectivity index (χ1v) is 9.26. The first-order chi connectivity index (χ1) is 13.2. The second-order valence-corrected chi connectivity index (χ2v) is 6.60. The van der Waals surface area contributed by atoms with Crippen molar-refractivity contribution in [3.05, 3.63) is 41.5 Å². The van der Waals surface area contributed by atoms with E-state index in [0.29, 0.717) is 19.8 Å². The molecule has 0 spiro atoms. The zero-order valence-electron chi connectivity index (χ0n) is 16.2. The van der Waals surface area contributed by atoms with E-state index in [0.717, 1.165) is 42.7 Å². The van der Waals surface area contributed by atoms with Crippen molar-refractivity contribution < 1.29 is 9.47 Å². The number of guanidine groups is 1. The van der Waals surface area contributed by atoms with Crippen molar-refractivity contribution in [3.8, 4) is 5.75 Å². The lowest BCUT2D eigenvalue weighted by molar-refractivity contribution is 0.177. The van der Waals surface area contributed by atoms with E-state index < -0.39 is 0 Å². The SMILES string of the molecule is CN=C(NCCOc1ccc(C)cc1)NC1CCc2nc(COC)nn2C1. The summed E-state index contributed by atoms with van der Waals surface area (Å²) in [6, 6.07) is 8.32. The molecule has 146 valence electrons. The molecular formula is C19H28N6O2. The quantitative estimate of drug-likeness (QED) is 0.433. The molecule has 2 heterocycles. The minimum absolute atomic E-state index is 0.263. The van der Waals surface area contributed by atoms with E-state index in [2.05, 4.69) is 32.6 Å². The van der Waals surface area contributed by atoms with Crippen molar-refractivity contribution in [2.45, 2.75) is 39.0 Å². The molecule has 1 aromatic heterocycles. The molecule has 27 heavy (non-hydrogen) atoms. The van der Waals surface area contributed by atoms with Gasteiger partial charge in [-0.2, -0.15) is 5.10 Å². The van der Waals surface area contributed by atoms with Crippen LogP contribution in [0.4, 0.5) is 0 Å². The molecule has 1 aromatic carbocycles. The molecular weight excluding hydrogens is 344 g/mol. The predicted molar refractivity (Wildman–Crippen MR) is 104 cm³/mol. The average molecular weight is 372 g/mol. The molecule has 0 radical (unpaired) electrons. The Morgan fingerprint density at radius 1 is 1.33 bits per heavy atom. The van der Waals surface area contributed by atoms with Gasteiger partial charge in [0.2, 0.25) is 0 Å². The Bertz CT molecular complexity index is 756. The van der Waals surface area contributed by atoms with Gasteiger partial charge in [0.25, 0.3) is 0 Å². The van der Waals surface area contributed by atoms with Crippen LogP contribution in [0.25, 0.3) is 0 Å². The molecule has 1 atom stereocenters. The van der Waals surface area contributed by atoms with Crippen LogP contribution in [0.3, 0.4) is 0 Å². The van der Waals surface area contributed by atoms with Crippen molar-refractivity contribution in [3.63, 3.8) is 0 Å². The fourth-order valence-electron chi connectivity index (χ4n) is 3.03. The largest absolute Gasteiger partial charge is 0.492 e. The maximum Gasteiger partial charge on any atom is 0.191 e. The maximum atomic E-state index is 5.74. The van der Waals surface area contributed by atoms with E-state index in [-0.39, 0.29) is 6.04 Å². The number of aryl methyl sites for hydroxylation is 2. The Kier molecular flexibility index (Phi) is 6.64. The third kappa shape index (κ3) is 5.43. The molecule has 0 saturated heterocycles. The first-order valence-electron chi connectivity index (χ1n) is 9.26. The molecule has 1 unspecified atom stereocenters. The van der Waals surface area contributed by atoms with E-state index in [1.54, 1.807) is 14.2 Å². The summed E-state index contributed by atoms with van der Waals surface area (Å²) >= 11 is 0. The summed E-state index contributed by atoms with van der Waals surface area (Å²) < 4.78 is 12.8. The zero-order valence-corrected chi connectivity index (χ0v) is 16.2. The van der Waals surface area contributed by atoms with Crippen molar-refractivity contribution in [2.75, 3.05) is 27.3 Å². The topological polar surface area (TPSA) is 85.6 Å². The number of aromatic nitrogens is 3. The summed E-state index contributed by atoms with van der Waals surface area (Å²) in [6.45, 7) is 4.52. The average Bonchev–Trinajstić information content (AvgIpc) is 3.07. The lowest BCUT2D eigenvalue weighted by Gasteiger charge is -2.25. The van der Waals surface area contributed by atoms with E-state index >= 15 is 0 Å². The Morgan fingerprint density at radius 2 is 2.15 bits per heavy atom. The van der Waals surface area contributed by atoms with Crippen LogP contribution in [0.1, 0.15) is 23.6 Å². The van der Waals surface area contributed by atoms with Gasteiger partial charge in [-0.1, -0.05) is 17.7 Å². The molecule has 8 nitrogen and oxygen atoms in total. The number of aliphatic imine (C=N–C) groups is 1. The number of ether oxygens (including phenoxy) is 2. The van der Waals surface area contributed by atoms with Gasteiger partial charge in [-0.25, -0.2) is 9.67 Å². The maximum absolute atomic E-state index is 5.74. The molecule has 0 bridgehead atoms. The van der Waals surface area contributed by atoms with Crippen LogP contribution in [-0.4, -0.2) is 54.1 Å². The Balaban J connectivity index is 1.42. The van der Waals surface area contributed by atoms with Gasteiger partial charge in [-0.05, 0) is 25.5 Å². The number of rotatable bonds is 7. The summed E-state index contributed by atoms with van der Waals surface area (Å²) in [5.74, 6) is 3.41. The lowest BCUT2D eigenvalue weighted by atomic mass is 10.1. The lowest BCUT2D eigenvalue weighted by Crippen LogP contribution is -2.47. The Hall–Kier alpha value is -2.61. The highest BCUT2D eigenvalue weighted by Gasteiger charge is 2.22. The molecule has 0 amide bonds. The summed E-state index contributed by atoms with van der Waals surface area (Å²) in [5.41, 5.74) is 1.22. The van der Waals surface area contributed by atoms with Crippen molar-refractivity contribution >= 4 is 5.96 Å². The fraction of sp³-hybridized carbons (Fsp3) is 0.526. The van der Waals surface area contributed by atoms with E-state index in [1.165, 1.54) is 5.56 Å². The van der Waals surface area contributed by atoms with Gasteiger partial charge in [0.15, 0.2) is 11.8 Å². The molecule has 8 heteroatoms. The van der Waals surface area contributed by atoms with Crippen LogP contribution in [-0.2, 0) is 24.3 Å². The van der Waals surface area contributed by atoms with Gasteiger partial charge in [0.05, 0.1) is 13.1 Å². The van der Waals surface area contributed by atoms with Gasteiger partial charge in [0.1, 0.15) is 24.8 Å². The zero-order chi connectivity index (χ0) is 19.1. The number of nitrogens with one attached hydrogen (secondary N) is 2. The Morgan fingerprint density at radius 3 is 2.89 bits per heavy atom. The summed E-state index contributed by atoms with van der Waals surface area (Å²) in [4.78, 5) is 8.81. The molecule has 0 saturated carbocycles. The van der Waals surface area contributed by atoms with Crippen LogP contribution >= 0.6 is 0 Å². The van der Waals surface area contributed by atoms with Gasteiger partial charge in [-0.15, -0.1) is 0 Å². The molecule has 2 N–H and O–H groups in total. The number of benzene rings is 1. The van der Waals surface area contributed by atoms with Gasteiger partial charge < -0.3 is 20.1 Å². The molecule has 2 aromatic rings. The molecule has 3 rings (SSSR count). The standard InChI is InChI=1S/C19H28N6O2/c1-14-4-7-16(8-5-14)27-11-10-21-19(20-2)22-15-6-9-18-23-17(13-26-3)24-25(18)12-15/h4-5,7-8,15H,6,9-13H2,1-3H3,(H2,20,21,22). The van der Waals surface area contributed by atoms with Crippen LogP contribution in [0.15, 0.2) is 29.3 Å². The molecule has 1 aliphatic heterocycles.